The van der Waals surface area contributed by atoms with Crippen LogP contribution in [0, 0.1) is 11.6 Å². The van der Waals surface area contributed by atoms with E-state index in [-0.39, 0.29) is 12.1 Å². The zero-order chi connectivity index (χ0) is 12.4. The summed E-state index contributed by atoms with van der Waals surface area (Å²) in [5, 5.41) is 0.497. The van der Waals surface area contributed by atoms with Crippen LogP contribution in [0.25, 0.3) is 0 Å². The SMILES string of the molecule is NC(=O)c1cnc(Cc2ncc(F)cc2F)s1. The van der Waals surface area contributed by atoms with E-state index < -0.39 is 17.5 Å². The average Bonchev–Trinajstić information content (AvgIpc) is 2.71. The Hall–Kier alpha value is -1.89. The van der Waals surface area contributed by atoms with E-state index in [0.29, 0.717) is 9.88 Å². The Kier molecular flexibility index (Phi) is 3.10. The molecule has 0 aromatic carbocycles. The molecular formula is C10H7F2N3OS. The lowest BCUT2D eigenvalue weighted by Gasteiger charge is -1.98. The van der Waals surface area contributed by atoms with E-state index in [1.807, 2.05) is 0 Å². The smallest absolute Gasteiger partial charge is 0.260 e. The van der Waals surface area contributed by atoms with Crippen LogP contribution in [0.3, 0.4) is 0 Å². The van der Waals surface area contributed by atoms with Crippen molar-refractivity contribution >= 4 is 17.2 Å². The highest BCUT2D eigenvalue weighted by Crippen LogP contribution is 2.17. The number of nitrogens with zero attached hydrogens (tertiary/aromatic N) is 2. The van der Waals surface area contributed by atoms with Gasteiger partial charge in [0.25, 0.3) is 5.91 Å². The third-order valence-electron chi connectivity index (χ3n) is 2.00. The molecule has 0 saturated carbocycles. The second kappa shape index (κ2) is 4.54. The summed E-state index contributed by atoms with van der Waals surface area (Å²) in [4.78, 5) is 18.7. The van der Waals surface area contributed by atoms with Gasteiger partial charge in [-0.15, -0.1) is 11.3 Å². The predicted octanol–water partition coefficient (Wildman–Crippen LogP) is 1.51. The molecule has 0 unspecified atom stereocenters. The van der Waals surface area contributed by atoms with Crippen molar-refractivity contribution < 1.29 is 13.6 Å². The van der Waals surface area contributed by atoms with Crippen molar-refractivity contribution in [3.63, 3.8) is 0 Å². The molecule has 7 heteroatoms. The normalized spacial score (nSPS) is 10.5. The molecular weight excluding hydrogens is 248 g/mol. The van der Waals surface area contributed by atoms with Crippen LogP contribution in [0.1, 0.15) is 20.4 Å². The molecule has 0 radical (unpaired) electrons. The number of carbonyl (C=O) groups excluding carboxylic acids is 1. The molecule has 0 aliphatic heterocycles. The standard InChI is InChI=1S/C10H7F2N3OS/c11-5-1-6(12)7(14-3-5)2-9-15-4-8(17-9)10(13)16/h1,3-4H,2H2,(H2,13,16). The molecule has 0 spiro atoms. The Bertz CT molecular complexity index is 570. The van der Waals surface area contributed by atoms with Gasteiger partial charge in [0, 0.05) is 12.5 Å². The Morgan fingerprint density at radius 3 is 2.71 bits per heavy atom. The number of hydrogen-bond acceptors (Lipinski definition) is 4. The molecule has 0 aliphatic carbocycles. The molecule has 1 amide bonds. The minimum Gasteiger partial charge on any atom is -0.365 e. The van der Waals surface area contributed by atoms with Gasteiger partial charge in [0.2, 0.25) is 0 Å². The van der Waals surface area contributed by atoms with Crippen molar-refractivity contribution in [3.8, 4) is 0 Å². The third-order valence-corrected chi connectivity index (χ3v) is 3.01. The Morgan fingerprint density at radius 1 is 1.35 bits per heavy atom. The summed E-state index contributed by atoms with van der Waals surface area (Å²) in [5.74, 6) is -2.05. The molecule has 2 aromatic heterocycles. The maximum atomic E-state index is 13.3. The first-order valence-electron chi connectivity index (χ1n) is 4.60. The number of carbonyl (C=O) groups is 1. The molecule has 2 N–H and O–H groups in total. The lowest BCUT2D eigenvalue weighted by Crippen LogP contribution is -2.08. The van der Waals surface area contributed by atoms with Crippen molar-refractivity contribution in [2.75, 3.05) is 0 Å². The number of pyridine rings is 1. The fraction of sp³-hybridized carbons (Fsp3) is 0.100. The van der Waals surface area contributed by atoms with E-state index >= 15 is 0 Å². The Labute approximate surface area is 99.1 Å². The van der Waals surface area contributed by atoms with Crippen molar-refractivity contribution in [2.24, 2.45) is 5.73 Å². The van der Waals surface area contributed by atoms with Gasteiger partial charge in [0.15, 0.2) is 0 Å². The summed E-state index contributed by atoms with van der Waals surface area (Å²) in [5.41, 5.74) is 5.14. The molecule has 2 heterocycles. The molecule has 0 saturated heterocycles. The molecule has 4 nitrogen and oxygen atoms in total. The first-order valence-corrected chi connectivity index (χ1v) is 5.42. The zero-order valence-corrected chi connectivity index (χ0v) is 9.30. The second-order valence-corrected chi connectivity index (χ2v) is 4.36. The minimum absolute atomic E-state index is 0.0803. The van der Waals surface area contributed by atoms with Gasteiger partial charge in [0.1, 0.15) is 16.5 Å². The number of primary amides is 1. The maximum absolute atomic E-state index is 13.3. The highest BCUT2D eigenvalue weighted by Gasteiger charge is 2.11. The van der Waals surface area contributed by atoms with E-state index in [9.17, 15) is 13.6 Å². The van der Waals surface area contributed by atoms with Gasteiger partial charge in [-0.3, -0.25) is 9.78 Å². The maximum Gasteiger partial charge on any atom is 0.260 e. The highest BCUT2D eigenvalue weighted by molar-refractivity contribution is 7.13. The van der Waals surface area contributed by atoms with E-state index in [1.165, 1.54) is 6.20 Å². The van der Waals surface area contributed by atoms with Gasteiger partial charge in [-0.1, -0.05) is 0 Å². The summed E-state index contributed by atoms with van der Waals surface area (Å²) >= 11 is 1.06. The number of amides is 1. The number of hydrogen-bond donors (Lipinski definition) is 1. The third kappa shape index (κ3) is 2.62. The van der Waals surface area contributed by atoms with E-state index in [4.69, 9.17) is 5.73 Å². The lowest BCUT2D eigenvalue weighted by molar-refractivity contribution is 0.100. The number of nitrogens with two attached hydrogens (primary N) is 1. The van der Waals surface area contributed by atoms with E-state index in [1.54, 1.807) is 0 Å². The molecule has 0 fully saturated rings. The first-order chi connectivity index (χ1) is 8.06. The van der Waals surface area contributed by atoms with Gasteiger partial charge >= 0.3 is 0 Å². The van der Waals surface area contributed by atoms with Gasteiger partial charge < -0.3 is 5.73 Å². The van der Waals surface area contributed by atoms with Crippen LogP contribution < -0.4 is 5.73 Å². The van der Waals surface area contributed by atoms with Crippen molar-refractivity contribution in [2.45, 2.75) is 6.42 Å². The van der Waals surface area contributed by atoms with Crippen LogP contribution >= 0.6 is 11.3 Å². The van der Waals surface area contributed by atoms with Crippen molar-refractivity contribution in [3.05, 3.63) is 45.7 Å². The molecule has 88 valence electrons. The quantitative estimate of drug-likeness (QED) is 0.903. The van der Waals surface area contributed by atoms with Crippen LogP contribution in [0.4, 0.5) is 8.78 Å². The topological polar surface area (TPSA) is 68.9 Å². The van der Waals surface area contributed by atoms with Crippen LogP contribution in [-0.4, -0.2) is 15.9 Å². The average molecular weight is 255 g/mol. The first kappa shape index (κ1) is 11.6. The van der Waals surface area contributed by atoms with Gasteiger partial charge in [0.05, 0.1) is 23.1 Å². The number of rotatable bonds is 3. The Morgan fingerprint density at radius 2 is 2.12 bits per heavy atom. The van der Waals surface area contributed by atoms with Gasteiger partial charge in [-0.25, -0.2) is 13.8 Å². The number of thiazole rings is 1. The predicted molar refractivity (Wildman–Crippen MR) is 57.6 cm³/mol. The zero-order valence-electron chi connectivity index (χ0n) is 8.48. The molecule has 0 atom stereocenters. The van der Waals surface area contributed by atoms with E-state index in [2.05, 4.69) is 9.97 Å². The lowest BCUT2D eigenvalue weighted by atomic mass is 10.2. The largest absolute Gasteiger partial charge is 0.365 e. The molecule has 2 aromatic rings. The van der Waals surface area contributed by atoms with Crippen LogP contribution in [-0.2, 0) is 6.42 Å². The van der Waals surface area contributed by atoms with Crippen LogP contribution in [0.2, 0.25) is 0 Å². The fourth-order valence-electron chi connectivity index (χ4n) is 1.22. The monoisotopic (exact) mass is 255 g/mol. The molecule has 17 heavy (non-hydrogen) atoms. The summed E-state index contributed by atoms with van der Waals surface area (Å²) in [6, 6.07) is 0.755. The van der Waals surface area contributed by atoms with Crippen molar-refractivity contribution in [1.82, 2.24) is 9.97 Å². The number of aromatic nitrogens is 2. The van der Waals surface area contributed by atoms with Gasteiger partial charge in [-0.2, -0.15) is 0 Å². The molecule has 0 bridgehead atoms. The Balaban J connectivity index is 2.22. The molecule has 0 aliphatic rings. The summed E-state index contributed by atoms with van der Waals surface area (Å²) in [6.45, 7) is 0. The number of halogens is 2. The summed E-state index contributed by atoms with van der Waals surface area (Å²) in [7, 11) is 0. The van der Waals surface area contributed by atoms with Crippen molar-refractivity contribution in [1.29, 1.82) is 0 Å². The summed E-state index contributed by atoms with van der Waals surface area (Å²) < 4.78 is 25.9. The molecule has 2 rings (SSSR count). The van der Waals surface area contributed by atoms with Gasteiger partial charge in [-0.05, 0) is 0 Å². The van der Waals surface area contributed by atoms with Crippen LogP contribution in [0.5, 0.6) is 0 Å². The summed E-state index contributed by atoms with van der Waals surface area (Å²) in [6.07, 6.45) is 2.36. The highest BCUT2D eigenvalue weighted by atomic mass is 32.1. The van der Waals surface area contributed by atoms with Crippen LogP contribution in [0.15, 0.2) is 18.5 Å². The second-order valence-electron chi connectivity index (χ2n) is 3.24. The van der Waals surface area contributed by atoms with E-state index in [0.717, 1.165) is 23.6 Å². The minimum atomic E-state index is -0.735. The fourth-order valence-corrected chi connectivity index (χ4v) is 2.00.